The summed E-state index contributed by atoms with van der Waals surface area (Å²) in [5, 5.41) is 7.63. The van der Waals surface area contributed by atoms with Crippen LogP contribution in [0.3, 0.4) is 0 Å². The van der Waals surface area contributed by atoms with Crippen LogP contribution in [0.4, 0.5) is 0 Å². The van der Waals surface area contributed by atoms with Gasteiger partial charge < -0.3 is 10.2 Å². The maximum atomic E-state index is 13.1. The molecule has 1 saturated heterocycles. The third kappa shape index (κ3) is 3.88. The highest BCUT2D eigenvalue weighted by Gasteiger charge is 2.37. The molecule has 1 unspecified atom stereocenters. The number of benzene rings is 1. The van der Waals surface area contributed by atoms with Crippen LogP contribution >= 0.6 is 12.4 Å². The molecule has 1 N–H and O–H groups in total. The molecule has 1 amide bonds. The molecule has 1 aromatic carbocycles. The SMILES string of the molecule is Cc1ccccc1C(C)N(C)C(=O)[C@H]1CNC[C@@H]1c1cnn(C)c1.Cl. The molecule has 0 saturated carbocycles. The number of carbonyl (C=O) groups excluding carboxylic acids is 1. The van der Waals surface area contributed by atoms with Crippen molar-refractivity contribution in [3.8, 4) is 0 Å². The van der Waals surface area contributed by atoms with Gasteiger partial charge in [0.2, 0.25) is 5.91 Å². The van der Waals surface area contributed by atoms with E-state index in [4.69, 9.17) is 0 Å². The molecule has 1 aromatic heterocycles. The van der Waals surface area contributed by atoms with Gasteiger partial charge in [0.15, 0.2) is 0 Å². The normalized spacial score (nSPS) is 20.8. The van der Waals surface area contributed by atoms with E-state index in [9.17, 15) is 4.79 Å². The van der Waals surface area contributed by atoms with E-state index in [0.717, 1.165) is 18.7 Å². The predicted molar refractivity (Wildman–Crippen MR) is 102 cm³/mol. The number of rotatable bonds is 4. The van der Waals surface area contributed by atoms with Crippen LogP contribution in [0.2, 0.25) is 0 Å². The molecule has 3 atom stereocenters. The van der Waals surface area contributed by atoms with Crippen molar-refractivity contribution in [2.75, 3.05) is 20.1 Å². The number of hydrogen-bond donors (Lipinski definition) is 1. The molecule has 3 rings (SSSR count). The van der Waals surface area contributed by atoms with E-state index in [1.807, 2.05) is 43.5 Å². The van der Waals surface area contributed by atoms with Crippen molar-refractivity contribution in [1.82, 2.24) is 20.0 Å². The second-order valence-corrected chi connectivity index (χ2v) is 6.80. The van der Waals surface area contributed by atoms with E-state index in [1.54, 1.807) is 4.68 Å². The summed E-state index contributed by atoms with van der Waals surface area (Å²) in [6.45, 7) is 5.75. The highest BCUT2D eigenvalue weighted by atomic mass is 35.5. The van der Waals surface area contributed by atoms with Gasteiger partial charge in [-0.25, -0.2) is 0 Å². The molecule has 2 heterocycles. The average Bonchev–Trinajstić information content (AvgIpc) is 3.21. The molecular weight excluding hydrogens is 336 g/mol. The van der Waals surface area contributed by atoms with Crippen molar-refractivity contribution in [2.45, 2.75) is 25.8 Å². The molecule has 0 bridgehead atoms. The zero-order valence-electron chi connectivity index (χ0n) is 15.3. The molecular formula is C19H27ClN4O. The quantitative estimate of drug-likeness (QED) is 0.909. The van der Waals surface area contributed by atoms with Gasteiger partial charge in [0.1, 0.15) is 0 Å². The van der Waals surface area contributed by atoms with E-state index in [-0.39, 0.29) is 36.2 Å². The lowest BCUT2D eigenvalue weighted by molar-refractivity contribution is -0.136. The van der Waals surface area contributed by atoms with Gasteiger partial charge in [-0.2, -0.15) is 5.10 Å². The summed E-state index contributed by atoms with van der Waals surface area (Å²) in [4.78, 5) is 15.0. The summed E-state index contributed by atoms with van der Waals surface area (Å²) >= 11 is 0. The molecule has 0 spiro atoms. The van der Waals surface area contributed by atoms with Crippen LogP contribution in [0.15, 0.2) is 36.7 Å². The smallest absolute Gasteiger partial charge is 0.227 e. The predicted octanol–water partition coefficient (Wildman–Crippen LogP) is 2.67. The number of aryl methyl sites for hydroxylation is 2. The molecule has 5 nitrogen and oxygen atoms in total. The molecule has 6 heteroatoms. The van der Waals surface area contributed by atoms with Crippen LogP contribution < -0.4 is 5.32 Å². The Hall–Kier alpha value is -1.85. The van der Waals surface area contributed by atoms with Gasteiger partial charge in [0.25, 0.3) is 0 Å². The fourth-order valence-corrected chi connectivity index (χ4v) is 3.64. The standard InChI is InChI=1S/C19H26N4O.ClH/c1-13-7-5-6-8-16(13)14(2)23(4)19(24)18-11-20-10-17(18)15-9-21-22(3)12-15;/h5-9,12,14,17-18,20H,10-11H2,1-4H3;1H/t14?,17-,18+;/m1./s1. The number of hydrogen-bond acceptors (Lipinski definition) is 3. The average molecular weight is 363 g/mol. The van der Waals surface area contributed by atoms with Crippen molar-refractivity contribution < 1.29 is 4.79 Å². The van der Waals surface area contributed by atoms with Crippen molar-refractivity contribution in [2.24, 2.45) is 13.0 Å². The minimum Gasteiger partial charge on any atom is -0.339 e. The summed E-state index contributed by atoms with van der Waals surface area (Å²) in [6, 6.07) is 8.34. The van der Waals surface area contributed by atoms with Gasteiger partial charge >= 0.3 is 0 Å². The first-order valence-corrected chi connectivity index (χ1v) is 8.50. The van der Waals surface area contributed by atoms with E-state index in [2.05, 4.69) is 36.4 Å². The van der Waals surface area contributed by atoms with Gasteiger partial charge in [-0.05, 0) is 30.5 Å². The Labute approximate surface area is 155 Å². The van der Waals surface area contributed by atoms with Crippen LogP contribution in [0, 0.1) is 12.8 Å². The number of nitrogens with one attached hydrogen (secondary N) is 1. The third-order valence-electron chi connectivity index (χ3n) is 5.25. The Balaban J connectivity index is 0.00000225. The first kappa shape index (κ1) is 19.5. The van der Waals surface area contributed by atoms with Crippen LogP contribution in [-0.4, -0.2) is 40.7 Å². The van der Waals surface area contributed by atoms with Crippen molar-refractivity contribution >= 4 is 18.3 Å². The van der Waals surface area contributed by atoms with Gasteiger partial charge in [0.05, 0.1) is 18.2 Å². The van der Waals surface area contributed by atoms with E-state index in [1.165, 1.54) is 11.1 Å². The molecule has 1 aliphatic heterocycles. The zero-order valence-corrected chi connectivity index (χ0v) is 16.1. The third-order valence-corrected chi connectivity index (χ3v) is 5.25. The van der Waals surface area contributed by atoms with Crippen molar-refractivity contribution in [3.05, 3.63) is 53.3 Å². The monoisotopic (exact) mass is 362 g/mol. The number of nitrogens with zero attached hydrogens (tertiary/aromatic N) is 3. The second-order valence-electron chi connectivity index (χ2n) is 6.80. The Morgan fingerprint density at radius 2 is 2.08 bits per heavy atom. The Morgan fingerprint density at radius 1 is 1.36 bits per heavy atom. The molecule has 136 valence electrons. The van der Waals surface area contributed by atoms with Gasteiger partial charge in [-0.1, -0.05) is 24.3 Å². The lowest BCUT2D eigenvalue weighted by Gasteiger charge is -2.30. The topological polar surface area (TPSA) is 50.2 Å². The fraction of sp³-hybridized carbons (Fsp3) is 0.474. The van der Waals surface area contributed by atoms with Gasteiger partial charge in [-0.3, -0.25) is 9.48 Å². The minimum atomic E-state index is -0.0364. The zero-order chi connectivity index (χ0) is 17.3. The molecule has 0 aliphatic carbocycles. The van der Waals surface area contributed by atoms with Crippen molar-refractivity contribution in [3.63, 3.8) is 0 Å². The lowest BCUT2D eigenvalue weighted by Crippen LogP contribution is -2.37. The first-order chi connectivity index (χ1) is 11.5. The summed E-state index contributed by atoms with van der Waals surface area (Å²) < 4.78 is 1.80. The van der Waals surface area contributed by atoms with Crippen LogP contribution in [0.5, 0.6) is 0 Å². The lowest BCUT2D eigenvalue weighted by atomic mass is 9.89. The highest BCUT2D eigenvalue weighted by molar-refractivity contribution is 5.85. The molecule has 25 heavy (non-hydrogen) atoms. The number of halogens is 1. The largest absolute Gasteiger partial charge is 0.339 e. The van der Waals surface area contributed by atoms with Gasteiger partial charge in [0, 0.05) is 39.3 Å². The first-order valence-electron chi connectivity index (χ1n) is 8.50. The number of amides is 1. The fourth-order valence-electron chi connectivity index (χ4n) is 3.64. The summed E-state index contributed by atoms with van der Waals surface area (Å²) in [5.41, 5.74) is 3.56. The van der Waals surface area contributed by atoms with Crippen LogP contribution in [0.1, 0.15) is 35.6 Å². The summed E-state index contributed by atoms with van der Waals surface area (Å²) in [7, 11) is 3.83. The molecule has 0 radical (unpaired) electrons. The van der Waals surface area contributed by atoms with Crippen molar-refractivity contribution in [1.29, 1.82) is 0 Å². The maximum absolute atomic E-state index is 13.1. The Morgan fingerprint density at radius 3 is 2.72 bits per heavy atom. The van der Waals surface area contributed by atoms with E-state index >= 15 is 0 Å². The Bertz CT molecular complexity index is 730. The van der Waals surface area contributed by atoms with Gasteiger partial charge in [-0.15, -0.1) is 12.4 Å². The van der Waals surface area contributed by atoms with E-state index < -0.39 is 0 Å². The summed E-state index contributed by atoms with van der Waals surface area (Å²) in [6.07, 6.45) is 3.89. The highest BCUT2D eigenvalue weighted by Crippen LogP contribution is 2.31. The molecule has 2 aromatic rings. The molecule has 1 aliphatic rings. The molecule has 1 fully saturated rings. The summed E-state index contributed by atoms with van der Waals surface area (Å²) in [5.74, 6) is 0.355. The minimum absolute atomic E-state index is 0. The Kier molecular flexibility index (Phi) is 6.25. The van der Waals surface area contributed by atoms with Crippen LogP contribution in [0.25, 0.3) is 0 Å². The number of carbonyl (C=O) groups is 1. The van der Waals surface area contributed by atoms with E-state index in [0.29, 0.717) is 0 Å². The number of aromatic nitrogens is 2. The van der Waals surface area contributed by atoms with Crippen LogP contribution in [-0.2, 0) is 11.8 Å². The maximum Gasteiger partial charge on any atom is 0.227 e. The second kappa shape index (κ2) is 8.02.